The number of hydrogen-bond donors (Lipinski definition) is 0. The minimum atomic E-state index is -0.631. The number of amides is 1. The summed E-state index contributed by atoms with van der Waals surface area (Å²) in [6, 6.07) is 11.0. The number of pyridine rings is 1. The van der Waals surface area contributed by atoms with E-state index in [0.717, 1.165) is 42.5 Å². The molecule has 0 radical (unpaired) electrons. The van der Waals surface area contributed by atoms with E-state index >= 15 is 0 Å². The molecule has 0 spiro atoms. The van der Waals surface area contributed by atoms with Gasteiger partial charge in [0.2, 0.25) is 5.91 Å². The number of hydrogen-bond acceptors (Lipinski definition) is 5. The van der Waals surface area contributed by atoms with Crippen LogP contribution in [0.3, 0.4) is 0 Å². The average Bonchev–Trinajstić information content (AvgIpc) is 3.23. The molecule has 2 aliphatic heterocycles. The van der Waals surface area contributed by atoms with E-state index in [0.29, 0.717) is 31.8 Å². The maximum absolute atomic E-state index is 13.4. The van der Waals surface area contributed by atoms with E-state index in [1.165, 1.54) is 10.6 Å². The van der Waals surface area contributed by atoms with E-state index in [9.17, 15) is 24.5 Å². The molecule has 1 aromatic heterocycles. The van der Waals surface area contributed by atoms with Crippen LogP contribution in [0, 0.1) is 22.0 Å². The molecule has 34 heavy (non-hydrogen) atoms. The Kier molecular flexibility index (Phi) is 5.83. The van der Waals surface area contributed by atoms with Gasteiger partial charge < -0.3 is 9.47 Å². The number of carbonyl (C=O) groups excluding carboxylic acids is 2. The molecule has 0 N–H and O–H groups in total. The first-order valence-electron chi connectivity index (χ1n) is 12.1. The van der Waals surface area contributed by atoms with E-state index in [1.54, 1.807) is 6.07 Å². The van der Waals surface area contributed by atoms with Crippen molar-refractivity contribution in [3.63, 3.8) is 0 Å². The van der Waals surface area contributed by atoms with Crippen molar-refractivity contribution in [3.8, 4) is 0 Å². The Bertz CT molecular complexity index is 1200. The normalized spacial score (nSPS) is 24.6. The molecule has 2 bridgehead atoms. The fourth-order valence-electron chi connectivity index (χ4n) is 6.00. The zero-order valence-corrected chi connectivity index (χ0v) is 19.3. The SMILES string of the molecule is C[C@@H](C(=O)N1C[C@@H]2C[C@@H](C1)c1ccc([N+](=O)[O-])c(=O)n1C2)c1ccc(C[C@@H]2CCCC2=O)cc1. The van der Waals surface area contributed by atoms with Crippen LogP contribution in [-0.2, 0) is 22.6 Å². The highest BCUT2D eigenvalue weighted by Crippen LogP contribution is 2.37. The van der Waals surface area contributed by atoms with Gasteiger partial charge >= 0.3 is 11.2 Å². The van der Waals surface area contributed by atoms with Crippen LogP contribution in [0.2, 0.25) is 0 Å². The summed E-state index contributed by atoms with van der Waals surface area (Å²) < 4.78 is 1.54. The lowest BCUT2D eigenvalue weighted by atomic mass is 9.82. The number of likely N-dealkylation sites (tertiary alicyclic amines) is 1. The number of rotatable bonds is 5. The zero-order chi connectivity index (χ0) is 24.0. The summed E-state index contributed by atoms with van der Waals surface area (Å²) in [4.78, 5) is 50.3. The molecule has 8 nitrogen and oxygen atoms in total. The fourth-order valence-corrected chi connectivity index (χ4v) is 6.00. The third-order valence-electron chi connectivity index (χ3n) is 7.86. The van der Waals surface area contributed by atoms with Gasteiger partial charge in [-0.15, -0.1) is 0 Å². The van der Waals surface area contributed by atoms with Gasteiger partial charge in [-0.05, 0) is 55.7 Å². The van der Waals surface area contributed by atoms with Crippen LogP contribution in [0.4, 0.5) is 5.69 Å². The number of nitro groups is 1. The second-order valence-electron chi connectivity index (χ2n) is 10.1. The molecular formula is C26H29N3O5. The zero-order valence-electron chi connectivity index (χ0n) is 19.3. The van der Waals surface area contributed by atoms with Crippen molar-refractivity contribution >= 4 is 17.4 Å². The van der Waals surface area contributed by atoms with E-state index < -0.39 is 16.2 Å². The van der Waals surface area contributed by atoms with Gasteiger partial charge in [0.1, 0.15) is 5.78 Å². The van der Waals surface area contributed by atoms with Gasteiger partial charge in [0.05, 0.1) is 10.8 Å². The molecular weight excluding hydrogens is 434 g/mol. The third-order valence-corrected chi connectivity index (χ3v) is 7.86. The molecule has 1 saturated heterocycles. The van der Waals surface area contributed by atoms with E-state index in [2.05, 4.69) is 0 Å². The van der Waals surface area contributed by atoms with Gasteiger partial charge in [0, 0.05) is 49.7 Å². The lowest BCUT2D eigenvalue weighted by Crippen LogP contribution is -2.50. The van der Waals surface area contributed by atoms with Crippen LogP contribution in [0.5, 0.6) is 0 Å². The quantitative estimate of drug-likeness (QED) is 0.499. The molecule has 3 aliphatic rings. The largest absolute Gasteiger partial charge is 0.341 e. The Balaban J connectivity index is 1.29. The highest BCUT2D eigenvalue weighted by molar-refractivity contribution is 5.84. The van der Waals surface area contributed by atoms with E-state index in [4.69, 9.17) is 0 Å². The van der Waals surface area contributed by atoms with Crippen LogP contribution in [0.25, 0.3) is 0 Å². The molecule has 1 aromatic carbocycles. The Labute approximate surface area is 197 Å². The second kappa shape index (κ2) is 8.81. The molecule has 178 valence electrons. The summed E-state index contributed by atoms with van der Waals surface area (Å²) in [7, 11) is 0. The van der Waals surface area contributed by atoms with Crippen molar-refractivity contribution in [3.05, 3.63) is 73.7 Å². The first kappa shape index (κ1) is 22.5. The summed E-state index contributed by atoms with van der Waals surface area (Å²) in [5.41, 5.74) is 1.92. The van der Waals surface area contributed by atoms with Gasteiger partial charge in [0.25, 0.3) is 0 Å². The predicted octanol–water partition coefficient (Wildman–Crippen LogP) is 3.42. The van der Waals surface area contributed by atoms with Gasteiger partial charge in [-0.25, -0.2) is 0 Å². The lowest BCUT2D eigenvalue weighted by molar-refractivity contribution is -0.386. The van der Waals surface area contributed by atoms with E-state index in [1.807, 2.05) is 36.1 Å². The van der Waals surface area contributed by atoms with Crippen molar-refractivity contribution < 1.29 is 14.5 Å². The van der Waals surface area contributed by atoms with Crippen molar-refractivity contribution in [1.29, 1.82) is 0 Å². The van der Waals surface area contributed by atoms with Crippen LogP contribution in [0.15, 0.2) is 41.2 Å². The van der Waals surface area contributed by atoms with Crippen LogP contribution >= 0.6 is 0 Å². The van der Waals surface area contributed by atoms with Crippen molar-refractivity contribution in [2.45, 2.75) is 57.4 Å². The number of piperidine rings is 1. The Morgan fingerprint density at radius 2 is 1.88 bits per heavy atom. The molecule has 2 aromatic rings. The van der Waals surface area contributed by atoms with Gasteiger partial charge in [-0.3, -0.25) is 24.5 Å². The minimum absolute atomic E-state index is 0.00322. The summed E-state index contributed by atoms with van der Waals surface area (Å²) in [6.07, 6.45) is 4.30. The molecule has 0 unspecified atom stereocenters. The van der Waals surface area contributed by atoms with Crippen molar-refractivity contribution in [1.82, 2.24) is 9.47 Å². The monoisotopic (exact) mass is 463 g/mol. The Morgan fingerprint density at radius 1 is 1.12 bits per heavy atom. The molecule has 2 fully saturated rings. The van der Waals surface area contributed by atoms with Crippen molar-refractivity contribution in [2.75, 3.05) is 13.1 Å². The molecule has 3 heterocycles. The molecule has 1 amide bonds. The third kappa shape index (κ3) is 4.06. The number of benzene rings is 1. The van der Waals surface area contributed by atoms with E-state index in [-0.39, 0.29) is 29.6 Å². The number of fused-ring (bicyclic) bond motifs is 4. The van der Waals surface area contributed by atoms with Crippen LogP contribution < -0.4 is 5.56 Å². The number of Topliss-reactive ketones (excluding diaryl/α,β-unsaturated/α-hetero) is 1. The average molecular weight is 464 g/mol. The summed E-state index contributed by atoms with van der Waals surface area (Å²) >= 11 is 0. The fraction of sp³-hybridized carbons (Fsp3) is 0.500. The molecule has 5 rings (SSSR count). The maximum Gasteiger partial charge on any atom is 0.334 e. The lowest BCUT2D eigenvalue weighted by Gasteiger charge is -2.43. The highest BCUT2D eigenvalue weighted by atomic mass is 16.6. The molecule has 1 aliphatic carbocycles. The van der Waals surface area contributed by atoms with Gasteiger partial charge in [-0.1, -0.05) is 24.3 Å². The Hall–Kier alpha value is -3.29. The Morgan fingerprint density at radius 3 is 2.56 bits per heavy atom. The number of ketones is 1. The molecule has 4 atom stereocenters. The molecule has 8 heteroatoms. The summed E-state index contributed by atoms with van der Waals surface area (Å²) in [5, 5.41) is 11.2. The molecule has 1 saturated carbocycles. The minimum Gasteiger partial charge on any atom is -0.341 e. The topological polar surface area (TPSA) is 103 Å². The smallest absolute Gasteiger partial charge is 0.334 e. The maximum atomic E-state index is 13.4. The predicted molar refractivity (Wildman–Crippen MR) is 126 cm³/mol. The van der Waals surface area contributed by atoms with Gasteiger partial charge in [0.15, 0.2) is 0 Å². The first-order chi connectivity index (χ1) is 16.3. The van der Waals surface area contributed by atoms with Crippen LogP contribution in [-0.4, -0.2) is 39.2 Å². The number of carbonyl (C=O) groups is 2. The first-order valence-corrected chi connectivity index (χ1v) is 12.1. The second-order valence-corrected chi connectivity index (χ2v) is 10.1. The standard InChI is InChI=1S/C26H29N3O5/c1-16(19-7-5-17(6-8-19)11-20-3-2-4-24(20)30)25(31)27-13-18-12-21(15-27)22-9-10-23(29(33)34)26(32)28(22)14-18/h5-10,16,18,20-21H,2-4,11-15H2,1H3/t16-,18+,20+,21+/m1/s1. The number of aromatic nitrogens is 1. The highest BCUT2D eigenvalue weighted by Gasteiger charge is 2.38. The van der Waals surface area contributed by atoms with Gasteiger partial charge in [-0.2, -0.15) is 0 Å². The summed E-state index contributed by atoms with van der Waals surface area (Å²) in [5.74, 6) is 0.374. The van der Waals surface area contributed by atoms with Crippen LogP contribution in [0.1, 0.15) is 61.3 Å². The number of nitrogens with zero attached hydrogens (tertiary/aromatic N) is 3. The van der Waals surface area contributed by atoms with Crippen molar-refractivity contribution in [2.24, 2.45) is 11.8 Å². The summed E-state index contributed by atoms with van der Waals surface area (Å²) in [6.45, 7) is 3.39.